The number of hydrogen-bond donors (Lipinski definition) is 1. The minimum Gasteiger partial charge on any atom is -0.487 e. The van der Waals surface area contributed by atoms with E-state index in [1.54, 1.807) is 4.68 Å². The van der Waals surface area contributed by atoms with E-state index in [1.807, 2.05) is 67.7 Å². The van der Waals surface area contributed by atoms with Gasteiger partial charge in [0.05, 0.1) is 6.20 Å². The summed E-state index contributed by atoms with van der Waals surface area (Å²) in [7, 11) is 0. The highest BCUT2D eigenvalue weighted by Gasteiger charge is 2.05. The van der Waals surface area contributed by atoms with Crippen LogP contribution in [-0.2, 0) is 17.9 Å². The van der Waals surface area contributed by atoms with Crippen LogP contribution in [0, 0.1) is 6.92 Å². The first-order valence-electron chi connectivity index (χ1n) is 8.62. The average molecular weight is 350 g/mol. The number of rotatable bonds is 8. The van der Waals surface area contributed by atoms with E-state index in [4.69, 9.17) is 4.74 Å². The van der Waals surface area contributed by atoms with Crippen LogP contribution < -0.4 is 10.1 Å². The van der Waals surface area contributed by atoms with Crippen molar-refractivity contribution in [3.63, 3.8) is 0 Å². The quantitative estimate of drug-likeness (QED) is 0.674. The minimum absolute atomic E-state index is 0.00148. The maximum Gasteiger partial charge on any atom is 0.224 e. The highest BCUT2D eigenvalue weighted by atomic mass is 16.5. The Kier molecular flexibility index (Phi) is 5.98. The van der Waals surface area contributed by atoms with Gasteiger partial charge in [-0.2, -0.15) is 0 Å². The predicted octanol–water partition coefficient (Wildman–Crippen LogP) is 3.58. The Balaban J connectivity index is 1.39. The molecule has 0 bridgehead atoms. The molecule has 0 aliphatic carbocycles. The number of anilines is 1. The number of hydrogen-bond acceptors (Lipinski definition) is 4. The Morgan fingerprint density at radius 1 is 1.12 bits per heavy atom. The van der Waals surface area contributed by atoms with Gasteiger partial charge in [0.25, 0.3) is 0 Å². The Morgan fingerprint density at radius 3 is 2.65 bits per heavy atom. The largest absolute Gasteiger partial charge is 0.487 e. The van der Waals surface area contributed by atoms with E-state index in [0.717, 1.165) is 17.1 Å². The molecule has 0 atom stereocenters. The molecule has 134 valence electrons. The molecule has 0 fully saturated rings. The van der Waals surface area contributed by atoms with Crippen LogP contribution in [0.3, 0.4) is 0 Å². The summed E-state index contributed by atoms with van der Waals surface area (Å²) < 4.78 is 7.38. The number of carbonyl (C=O) groups excluding carboxylic acids is 1. The summed E-state index contributed by atoms with van der Waals surface area (Å²) in [5.74, 6) is 0.802. The van der Waals surface area contributed by atoms with E-state index in [2.05, 4.69) is 15.6 Å². The average Bonchev–Trinajstić information content (AvgIpc) is 3.11. The molecule has 0 saturated heterocycles. The van der Waals surface area contributed by atoms with Crippen molar-refractivity contribution in [1.82, 2.24) is 15.0 Å². The number of carbonyl (C=O) groups is 1. The van der Waals surface area contributed by atoms with Gasteiger partial charge in [0, 0.05) is 18.7 Å². The zero-order valence-electron chi connectivity index (χ0n) is 14.8. The lowest BCUT2D eigenvalue weighted by Crippen LogP contribution is -2.12. The fourth-order valence-corrected chi connectivity index (χ4v) is 2.45. The number of nitrogens with one attached hydrogen (secondary N) is 1. The number of amides is 1. The SMILES string of the molecule is Cc1ccc(NC(=O)CCCn2cc(COc3ccccc3)nn2)cc1. The molecule has 3 aromatic rings. The molecule has 0 aliphatic heterocycles. The summed E-state index contributed by atoms with van der Waals surface area (Å²) in [6.45, 7) is 3.03. The zero-order chi connectivity index (χ0) is 18.2. The molecule has 1 heterocycles. The van der Waals surface area contributed by atoms with Crippen molar-refractivity contribution in [2.75, 3.05) is 5.32 Å². The number of aryl methyl sites for hydroxylation is 2. The summed E-state index contributed by atoms with van der Waals surface area (Å²) in [5.41, 5.74) is 2.75. The fraction of sp³-hybridized carbons (Fsp3) is 0.250. The maximum atomic E-state index is 12.0. The lowest BCUT2D eigenvalue weighted by Gasteiger charge is -2.05. The fourth-order valence-electron chi connectivity index (χ4n) is 2.45. The third kappa shape index (κ3) is 5.44. The molecule has 1 amide bonds. The highest BCUT2D eigenvalue weighted by Crippen LogP contribution is 2.11. The van der Waals surface area contributed by atoms with Crippen molar-refractivity contribution in [2.45, 2.75) is 32.9 Å². The smallest absolute Gasteiger partial charge is 0.224 e. The first-order chi connectivity index (χ1) is 12.7. The van der Waals surface area contributed by atoms with Crippen LogP contribution in [0.2, 0.25) is 0 Å². The molecule has 1 aromatic heterocycles. The van der Waals surface area contributed by atoms with Crippen molar-refractivity contribution in [1.29, 1.82) is 0 Å². The highest BCUT2D eigenvalue weighted by molar-refractivity contribution is 5.90. The molecule has 0 unspecified atom stereocenters. The van der Waals surface area contributed by atoms with Gasteiger partial charge in [0.1, 0.15) is 18.1 Å². The van der Waals surface area contributed by atoms with Crippen molar-refractivity contribution in [3.8, 4) is 5.75 Å². The molecule has 6 heteroatoms. The molecule has 0 aliphatic rings. The standard InChI is InChI=1S/C20H22N4O2/c1-16-9-11-17(12-10-16)21-20(25)8-5-13-24-14-18(22-23-24)15-26-19-6-3-2-4-7-19/h2-4,6-7,9-12,14H,5,8,13,15H2,1H3,(H,21,25). The molecule has 0 spiro atoms. The summed E-state index contributed by atoms with van der Waals surface area (Å²) in [6.07, 6.45) is 2.98. The van der Waals surface area contributed by atoms with Gasteiger partial charge < -0.3 is 10.1 Å². The second kappa shape index (κ2) is 8.80. The number of nitrogens with zero attached hydrogens (tertiary/aromatic N) is 3. The molecule has 3 rings (SSSR count). The minimum atomic E-state index is 0.00148. The summed E-state index contributed by atoms with van der Waals surface area (Å²) in [6, 6.07) is 17.4. The van der Waals surface area contributed by atoms with Gasteiger partial charge in [-0.05, 0) is 37.6 Å². The van der Waals surface area contributed by atoms with Crippen LogP contribution in [0.1, 0.15) is 24.1 Å². The Morgan fingerprint density at radius 2 is 1.88 bits per heavy atom. The molecule has 0 radical (unpaired) electrons. The van der Waals surface area contributed by atoms with Crippen LogP contribution >= 0.6 is 0 Å². The normalized spacial score (nSPS) is 10.5. The molecule has 1 N–H and O–H groups in total. The van der Waals surface area contributed by atoms with Gasteiger partial charge in [-0.15, -0.1) is 5.10 Å². The molecule has 2 aromatic carbocycles. The van der Waals surface area contributed by atoms with Crippen molar-refractivity contribution >= 4 is 11.6 Å². The lowest BCUT2D eigenvalue weighted by atomic mass is 10.2. The Hall–Kier alpha value is -3.15. The number of ether oxygens (including phenoxy) is 1. The van der Waals surface area contributed by atoms with Gasteiger partial charge in [0.2, 0.25) is 5.91 Å². The molecular weight excluding hydrogens is 328 g/mol. The maximum absolute atomic E-state index is 12.0. The summed E-state index contributed by atoms with van der Waals surface area (Å²) in [4.78, 5) is 12.0. The van der Waals surface area contributed by atoms with E-state index in [-0.39, 0.29) is 5.91 Å². The van der Waals surface area contributed by atoms with E-state index in [9.17, 15) is 4.79 Å². The second-order valence-corrected chi connectivity index (χ2v) is 6.09. The van der Waals surface area contributed by atoms with E-state index >= 15 is 0 Å². The number of para-hydroxylation sites is 1. The summed E-state index contributed by atoms with van der Waals surface area (Å²) in [5, 5.41) is 11.1. The molecular formula is C20H22N4O2. The van der Waals surface area contributed by atoms with E-state index in [1.165, 1.54) is 5.56 Å². The van der Waals surface area contributed by atoms with Crippen LogP contribution in [0.4, 0.5) is 5.69 Å². The van der Waals surface area contributed by atoms with Gasteiger partial charge in [-0.1, -0.05) is 41.1 Å². The topological polar surface area (TPSA) is 69.0 Å². The number of aromatic nitrogens is 3. The van der Waals surface area contributed by atoms with Crippen molar-refractivity contribution < 1.29 is 9.53 Å². The summed E-state index contributed by atoms with van der Waals surface area (Å²) >= 11 is 0. The van der Waals surface area contributed by atoms with Gasteiger partial charge in [-0.3, -0.25) is 9.48 Å². The second-order valence-electron chi connectivity index (χ2n) is 6.09. The zero-order valence-corrected chi connectivity index (χ0v) is 14.8. The Bertz CT molecular complexity index is 829. The molecule has 26 heavy (non-hydrogen) atoms. The van der Waals surface area contributed by atoms with Gasteiger partial charge in [0.15, 0.2) is 0 Å². The number of benzene rings is 2. The van der Waals surface area contributed by atoms with Crippen LogP contribution in [-0.4, -0.2) is 20.9 Å². The first-order valence-corrected chi connectivity index (χ1v) is 8.62. The third-order valence-electron chi connectivity index (χ3n) is 3.84. The predicted molar refractivity (Wildman–Crippen MR) is 99.8 cm³/mol. The van der Waals surface area contributed by atoms with Crippen LogP contribution in [0.5, 0.6) is 5.75 Å². The van der Waals surface area contributed by atoms with Crippen molar-refractivity contribution in [2.24, 2.45) is 0 Å². The first kappa shape index (κ1) is 17.7. The lowest BCUT2D eigenvalue weighted by molar-refractivity contribution is -0.116. The van der Waals surface area contributed by atoms with Crippen LogP contribution in [0.25, 0.3) is 0 Å². The molecule has 0 saturated carbocycles. The van der Waals surface area contributed by atoms with E-state index in [0.29, 0.717) is 26.0 Å². The molecule has 6 nitrogen and oxygen atoms in total. The third-order valence-corrected chi connectivity index (χ3v) is 3.84. The van der Waals surface area contributed by atoms with E-state index < -0.39 is 0 Å². The van der Waals surface area contributed by atoms with Crippen LogP contribution in [0.15, 0.2) is 60.8 Å². The monoisotopic (exact) mass is 350 g/mol. The van der Waals surface area contributed by atoms with Gasteiger partial charge in [-0.25, -0.2) is 0 Å². The van der Waals surface area contributed by atoms with Crippen molar-refractivity contribution in [3.05, 3.63) is 72.1 Å². The van der Waals surface area contributed by atoms with Gasteiger partial charge >= 0.3 is 0 Å². The Labute approximate surface area is 152 Å².